The Kier molecular flexibility index (Phi) is 6.58. The maximum absolute atomic E-state index is 13.2. The fourth-order valence-electron chi connectivity index (χ4n) is 3.93. The third kappa shape index (κ3) is 5.00. The summed E-state index contributed by atoms with van der Waals surface area (Å²) in [4.78, 5) is 28.7. The lowest BCUT2D eigenvalue weighted by atomic mass is 10.1. The molecule has 8 heteroatoms. The van der Waals surface area contributed by atoms with Crippen molar-refractivity contribution in [2.24, 2.45) is 0 Å². The molecule has 0 unspecified atom stereocenters. The molecule has 2 aliphatic rings. The highest BCUT2D eigenvalue weighted by molar-refractivity contribution is 5.97. The highest BCUT2D eigenvalue weighted by Gasteiger charge is 2.33. The number of halogens is 2. The lowest BCUT2D eigenvalue weighted by molar-refractivity contribution is -0.117. The van der Waals surface area contributed by atoms with Crippen LogP contribution >= 0.6 is 0 Å². The molecule has 0 bridgehead atoms. The Hall–Kier alpha value is -3.16. The van der Waals surface area contributed by atoms with Crippen LogP contribution in [0, 0.1) is 0 Å². The number of hydrogen-bond acceptors (Lipinski definition) is 4. The second kappa shape index (κ2) is 9.54. The number of alkyl halides is 2. The maximum atomic E-state index is 13.2. The summed E-state index contributed by atoms with van der Waals surface area (Å²) >= 11 is 0. The van der Waals surface area contributed by atoms with Crippen molar-refractivity contribution in [1.82, 2.24) is 4.90 Å². The van der Waals surface area contributed by atoms with E-state index in [-0.39, 0.29) is 29.4 Å². The first kappa shape index (κ1) is 22.0. The van der Waals surface area contributed by atoms with Gasteiger partial charge in [-0.3, -0.25) is 9.59 Å². The van der Waals surface area contributed by atoms with Crippen molar-refractivity contribution in [2.75, 3.05) is 18.1 Å². The topological polar surface area (TPSA) is 59.1 Å². The van der Waals surface area contributed by atoms with Gasteiger partial charge in [-0.05, 0) is 68.1 Å². The molecule has 1 saturated carbocycles. The number of anilines is 1. The summed E-state index contributed by atoms with van der Waals surface area (Å²) in [7, 11) is 0. The van der Waals surface area contributed by atoms with Gasteiger partial charge in [0, 0.05) is 36.8 Å². The van der Waals surface area contributed by atoms with Crippen LogP contribution in [0.3, 0.4) is 0 Å². The van der Waals surface area contributed by atoms with E-state index in [1.54, 1.807) is 41.0 Å². The van der Waals surface area contributed by atoms with Crippen molar-refractivity contribution >= 4 is 17.5 Å². The van der Waals surface area contributed by atoms with Crippen LogP contribution in [0.15, 0.2) is 42.5 Å². The predicted octanol–water partition coefficient (Wildman–Crippen LogP) is 4.62. The van der Waals surface area contributed by atoms with Crippen LogP contribution in [-0.2, 0) is 11.3 Å². The molecule has 2 amide bonds. The molecule has 2 aromatic rings. The number of hydrogen-bond donors (Lipinski definition) is 0. The van der Waals surface area contributed by atoms with E-state index in [1.807, 2.05) is 12.1 Å². The molecule has 0 radical (unpaired) electrons. The minimum absolute atomic E-state index is 0.0260. The van der Waals surface area contributed by atoms with Crippen LogP contribution in [-0.4, -0.2) is 42.5 Å². The molecule has 1 aliphatic heterocycles. The Morgan fingerprint density at radius 1 is 1.16 bits per heavy atom. The van der Waals surface area contributed by atoms with Crippen LogP contribution in [0.2, 0.25) is 0 Å². The van der Waals surface area contributed by atoms with Crippen LogP contribution in [0.5, 0.6) is 11.5 Å². The molecular formula is C24H26F2N2O4. The number of nitrogens with zero attached hydrogens (tertiary/aromatic N) is 2. The van der Waals surface area contributed by atoms with Crippen LogP contribution in [0.1, 0.15) is 48.5 Å². The van der Waals surface area contributed by atoms with Gasteiger partial charge in [0.15, 0.2) is 11.5 Å². The van der Waals surface area contributed by atoms with Crippen LogP contribution in [0.4, 0.5) is 14.5 Å². The molecule has 2 aromatic carbocycles. The molecule has 0 aromatic heterocycles. The third-order valence-electron chi connectivity index (χ3n) is 5.62. The van der Waals surface area contributed by atoms with Crippen molar-refractivity contribution in [1.29, 1.82) is 0 Å². The zero-order chi connectivity index (χ0) is 22.7. The molecule has 170 valence electrons. The predicted molar refractivity (Wildman–Crippen MR) is 115 cm³/mol. The molecule has 0 N–H and O–H groups in total. The molecule has 0 atom stereocenters. The number of benzene rings is 2. The lowest BCUT2D eigenvalue weighted by Gasteiger charge is -2.24. The summed E-state index contributed by atoms with van der Waals surface area (Å²) in [5.41, 5.74) is 2.13. The summed E-state index contributed by atoms with van der Waals surface area (Å²) in [5.74, 6) is 0.209. The normalized spacial score (nSPS) is 15.9. The van der Waals surface area contributed by atoms with Gasteiger partial charge in [-0.1, -0.05) is 6.07 Å². The Morgan fingerprint density at radius 2 is 1.91 bits per heavy atom. The lowest BCUT2D eigenvalue weighted by Crippen LogP contribution is -2.32. The maximum Gasteiger partial charge on any atom is 0.387 e. The highest BCUT2D eigenvalue weighted by Crippen LogP contribution is 2.34. The zero-order valence-corrected chi connectivity index (χ0v) is 17.9. The summed E-state index contributed by atoms with van der Waals surface area (Å²) in [6, 6.07) is 12.0. The summed E-state index contributed by atoms with van der Waals surface area (Å²) < 4.78 is 35.3. The van der Waals surface area contributed by atoms with Gasteiger partial charge in [0.2, 0.25) is 5.91 Å². The van der Waals surface area contributed by atoms with Gasteiger partial charge < -0.3 is 19.3 Å². The monoisotopic (exact) mass is 444 g/mol. The van der Waals surface area contributed by atoms with Gasteiger partial charge in [-0.25, -0.2) is 0 Å². The molecule has 1 saturated heterocycles. The first-order valence-electron chi connectivity index (χ1n) is 10.9. The van der Waals surface area contributed by atoms with E-state index in [9.17, 15) is 18.4 Å². The fraction of sp³-hybridized carbons (Fsp3) is 0.417. The second-order valence-corrected chi connectivity index (χ2v) is 7.95. The largest absolute Gasteiger partial charge is 0.490 e. The Bertz CT molecular complexity index is 976. The molecule has 32 heavy (non-hydrogen) atoms. The van der Waals surface area contributed by atoms with Crippen molar-refractivity contribution in [3.63, 3.8) is 0 Å². The average Bonchev–Trinajstić information content (AvgIpc) is 3.53. The quantitative estimate of drug-likeness (QED) is 0.566. The first-order valence-corrected chi connectivity index (χ1v) is 10.9. The summed E-state index contributed by atoms with van der Waals surface area (Å²) in [6.07, 6.45) is 3.26. The molecule has 2 fully saturated rings. The minimum atomic E-state index is -2.94. The van der Waals surface area contributed by atoms with Gasteiger partial charge in [0.25, 0.3) is 5.91 Å². The van der Waals surface area contributed by atoms with E-state index < -0.39 is 6.61 Å². The first-order chi connectivity index (χ1) is 15.5. The Balaban J connectivity index is 1.51. The minimum Gasteiger partial charge on any atom is -0.490 e. The van der Waals surface area contributed by atoms with E-state index in [0.29, 0.717) is 31.7 Å². The number of carbonyl (C=O) groups excluding carboxylic acids is 2. The molecule has 6 nitrogen and oxygen atoms in total. The van der Waals surface area contributed by atoms with Gasteiger partial charge in [-0.15, -0.1) is 0 Å². The van der Waals surface area contributed by atoms with Gasteiger partial charge in [-0.2, -0.15) is 8.78 Å². The number of ether oxygens (including phenoxy) is 2. The van der Waals surface area contributed by atoms with Gasteiger partial charge >= 0.3 is 6.61 Å². The van der Waals surface area contributed by atoms with Crippen molar-refractivity contribution in [2.45, 2.75) is 51.8 Å². The van der Waals surface area contributed by atoms with E-state index in [1.165, 1.54) is 6.07 Å². The van der Waals surface area contributed by atoms with E-state index in [0.717, 1.165) is 30.5 Å². The molecule has 0 spiro atoms. The van der Waals surface area contributed by atoms with E-state index >= 15 is 0 Å². The summed E-state index contributed by atoms with van der Waals surface area (Å²) in [5, 5.41) is 0. The SMILES string of the molecule is CCOc1cc(CN(C(=O)c2ccc(N3CCCC3=O)cc2)C2CC2)ccc1OC(F)F. The van der Waals surface area contributed by atoms with Gasteiger partial charge in [0.1, 0.15) is 0 Å². The summed E-state index contributed by atoms with van der Waals surface area (Å²) in [6.45, 7) is 0.167. The molecule has 1 heterocycles. The standard InChI is InChI=1S/C24H26F2N2O4/c1-2-31-21-14-16(5-12-20(21)32-24(25)26)15-28(19-10-11-19)23(30)17-6-8-18(9-7-17)27-13-3-4-22(27)29/h5-9,12,14,19,24H,2-4,10-11,13,15H2,1H3. The van der Waals surface area contributed by atoms with E-state index in [2.05, 4.69) is 4.74 Å². The number of carbonyl (C=O) groups is 2. The molecular weight excluding hydrogens is 418 g/mol. The number of amides is 2. The zero-order valence-electron chi connectivity index (χ0n) is 17.9. The number of rotatable bonds is 9. The van der Waals surface area contributed by atoms with Crippen molar-refractivity contribution in [3.8, 4) is 11.5 Å². The van der Waals surface area contributed by atoms with Crippen LogP contribution in [0.25, 0.3) is 0 Å². The highest BCUT2D eigenvalue weighted by atomic mass is 19.3. The van der Waals surface area contributed by atoms with E-state index in [4.69, 9.17) is 4.74 Å². The van der Waals surface area contributed by atoms with Gasteiger partial charge in [0.05, 0.1) is 6.61 Å². The van der Waals surface area contributed by atoms with Crippen molar-refractivity contribution < 1.29 is 27.8 Å². The fourth-order valence-corrected chi connectivity index (χ4v) is 3.93. The average molecular weight is 444 g/mol. The Labute approximate surface area is 185 Å². The Morgan fingerprint density at radius 3 is 2.50 bits per heavy atom. The molecule has 1 aliphatic carbocycles. The van der Waals surface area contributed by atoms with Crippen molar-refractivity contribution in [3.05, 3.63) is 53.6 Å². The smallest absolute Gasteiger partial charge is 0.387 e. The second-order valence-electron chi connectivity index (χ2n) is 7.95. The molecule has 4 rings (SSSR count). The third-order valence-corrected chi connectivity index (χ3v) is 5.62. The van der Waals surface area contributed by atoms with Crippen LogP contribution < -0.4 is 14.4 Å².